The van der Waals surface area contributed by atoms with Crippen LogP contribution in [0.3, 0.4) is 0 Å². The lowest BCUT2D eigenvalue weighted by atomic mass is 9.96. The van der Waals surface area contributed by atoms with Crippen LogP contribution in [0.5, 0.6) is 0 Å². The van der Waals surface area contributed by atoms with E-state index in [-0.39, 0.29) is 11.8 Å². The van der Waals surface area contributed by atoms with Gasteiger partial charge in [0.2, 0.25) is 11.7 Å². The fourth-order valence-corrected chi connectivity index (χ4v) is 3.29. The molecule has 1 aliphatic rings. The van der Waals surface area contributed by atoms with Gasteiger partial charge in [0.15, 0.2) is 0 Å². The molecule has 6 heteroatoms. The second-order valence-electron chi connectivity index (χ2n) is 6.58. The van der Waals surface area contributed by atoms with E-state index in [2.05, 4.69) is 15.1 Å². The van der Waals surface area contributed by atoms with E-state index in [1.165, 1.54) is 0 Å². The molecule has 0 radical (unpaired) electrons. The number of amides is 1. The average molecular weight is 348 g/mol. The molecule has 0 N–H and O–H groups in total. The van der Waals surface area contributed by atoms with Crippen molar-refractivity contribution in [2.45, 2.75) is 25.7 Å². The summed E-state index contributed by atoms with van der Waals surface area (Å²) in [5.74, 6) is 1.52. The zero-order valence-corrected chi connectivity index (χ0v) is 14.6. The summed E-state index contributed by atoms with van der Waals surface area (Å²) < 4.78 is 5.48. The van der Waals surface area contributed by atoms with Crippen LogP contribution >= 0.6 is 0 Å². The zero-order chi connectivity index (χ0) is 17.9. The Labute approximate surface area is 151 Å². The normalized spacial score (nSPS) is 15.2. The number of aromatic nitrogens is 3. The highest BCUT2D eigenvalue weighted by atomic mass is 16.5. The minimum Gasteiger partial charge on any atom is -0.339 e. The lowest BCUT2D eigenvalue weighted by Crippen LogP contribution is -2.38. The van der Waals surface area contributed by atoms with Gasteiger partial charge < -0.3 is 9.42 Å². The van der Waals surface area contributed by atoms with E-state index < -0.39 is 0 Å². The van der Waals surface area contributed by atoms with Gasteiger partial charge in [-0.3, -0.25) is 9.78 Å². The predicted molar refractivity (Wildman–Crippen MR) is 96.6 cm³/mol. The molecule has 0 bridgehead atoms. The van der Waals surface area contributed by atoms with E-state index in [1.54, 1.807) is 12.4 Å². The molecule has 1 aliphatic heterocycles. The number of nitrogens with zero attached hydrogens (tertiary/aromatic N) is 4. The van der Waals surface area contributed by atoms with Crippen LogP contribution in [0.1, 0.15) is 40.6 Å². The molecule has 132 valence electrons. The summed E-state index contributed by atoms with van der Waals surface area (Å²) in [6, 6.07) is 11.7. The molecule has 2 aromatic heterocycles. The SMILES string of the molecule is Cc1ccncc1C(=O)N1CCC(c2nc(-c3ccccc3)no2)CC1. The van der Waals surface area contributed by atoms with Crippen LogP contribution in [0.4, 0.5) is 0 Å². The Bertz CT molecular complexity index is 899. The lowest BCUT2D eigenvalue weighted by Gasteiger charge is -2.30. The Kier molecular flexibility index (Phi) is 4.48. The van der Waals surface area contributed by atoms with Crippen molar-refractivity contribution in [3.63, 3.8) is 0 Å². The molecular formula is C20H20N4O2. The summed E-state index contributed by atoms with van der Waals surface area (Å²) >= 11 is 0. The third-order valence-electron chi connectivity index (χ3n) is 4.87. The number of pyridine rings is 1. The molecule has 1 fully saturated rings. The highest BCUT2D eigenvalue weighted by molar-refractivity contribution is 5.95. The zero-order valence-electron chi connectivity index (χ0n) is 14.6. The van der Waals surface area contributed by atoms with Crippen molar-refractivity contribution in [1.29, 1.82) is 0 Å². The Morgan fingerprint density at radius 2 is 1.92 bits per heavy atom. The summed E-state index contributed by atoms with van der Waals surface area (Å²) in [5, 5.41) is 4.10. The Morgan fingerprint density at radius 1 is 1.15 bits per heavy atom. The van der Waals surface area contributed by atoms with Crippen LogP contribution in [-0.2, 0) is 0 Å². The molecule has 1 aromatic carbocycles. The van der Waals surface area contributed by atoms with E-state index in [0.717, 1.165) is 24.0 Å². The van der Waals surface area contributed by atoms with Crippen molar-refractivity contribution in [2.24, 2.45) is 0 Å². The summed E-state index contributed by atoms with van der Waals surface area (Å²) in [7, 11) is 0. The smallest absolute Gasteiger partial charge is 0.255 e. The molecule has 0 atom stereocenters. The van der Waals surface area contributed by atoms with E-state index in [0.29, 0.717) is 30.4 Å². The molecule has 0 aliphatic carbocycles. The van der Waals surface area contributed by atoms with Gasteiger partial charge in [-0.25, -0.2) is 0 Å². The molecule has 3 aromatic rings. The Balaban J connectivity index is 1.42. The molecule has 1 saturated heterocycles. The van der Waals surface area contributed by atoms with Crippen LogP contribution < -0.4 is 0 Å². The first-order valence-corrected chi connectivity index (χ1v) is 8.81. The topological polar surface area (TPSA) is 72.1 Å². The van der Waals surface area contributed by atoms with Gasteiger partial charge in [-0.15, -0.1) is 0 Å². The van der Waals surface area contributed by atoms with Gasteiger partial charge in [-0.05, 0) is 31.4 Å². The second kappa shape index (κ2) is 7.07. The quantitative estimate of drug-likeness (QED) is 0.725. The number of hydrogen-bond donors (Lipinski definition) is 0. The number of piperidine rings is 1. The van der Waals surface area contributed by atoms with Gasteiger partial charge in [0, 0.05) is 37.0 Å². The van der Waals surface area contributed by atoms with Gasteiger partial charge in [-0.1, -0.05) is 35.5 Å². The monoisotopic (exact) mass is 348 g/mol. The van der Waals surface area contributed by atoms with Gasteiger partial charge in [0.05, 0.1) is 5.56 Å². The van der Waals surface area contributed by atoms with Crippen molar-refractivity contribution in [3.05, 3.63) is 65.8 Å². The fourth-order valence-electron chi connectivity index (χ4n) is 3.29. The highest BCUT2D eigenvalue weighted by Gasteiger charge is 2.28. The number of benzene rings is 1. The van der Waals surface area contributed by atoms with Crippen molar-refractivity contribution >= 4 is 5.91 Å². The van der Waals surface area contributed by atoms with Crippen LogP contribution in [0.15, 0.2) is 53.3 Å². The standard InChI is InChI=1S/C20H20N4O2/c1-14-7-10-21-13-17(14)20(25)24-11-8-16(9-12-24)19-22-18(23-26-19)15-5-3-2-4-6-15/h2-7,10,13,16H,8-9,11-12H2,1H3. The number of carbonyl (C=O) groups is 1. The van der Waals surface area contributed by atoms with Crippen LogP contribution in [-0.4, -0.2) is 39.0 Å². The van der Waals surface area contributed by atoms with Gasteiger partial charge >= 0.3 is 0 Å². The number of likely N-dealkylation sites (tertiary alicyclic amines) is 1. The number of carbonyl (C=O) groups excluding carboxylic acids is 1. The summed E-state index contributed by atoms with van der Waals surface area (Å²) in [4.78, 5) is 23.2. The first-order valence-electron chi connectivity index (χ1n) is 8.81. The van der Waals surface area contributed by atoms with E-state index >= 15 is 0 Å². The molecule has 3 heterocycles. The molecule has 0 unspecified atom stereocenters. The third kappa shape index (κ3) is 3.22. The van der Waals surface area contributed by atoms with Crippen molar-refractivity contribution < 1.29 is 9.32 Å². The van der Waals surface area contributed by atoms with E-state index in [9.17, 15) is 4.79 Å². The number of hydrogen-bond acceptors (Lipinski definition) is 5. The first-order chi connectivity index (χ1) is 12.7. The number of aryl methyl sites for hydroxylation is 1. The first kappa shape index (κ1) is 16.4. The van der Waals surface area contributed by atoms with Crippen molar-refractivity contribution in [1.82, 2.24) is 20.0 Å². The molecule has 0 spiro atoms. The van der Waals surface area contributed by atoms with Crippen LogP contribution in [0.25, 0.3) is 11.4 Å². The average Bonchev–Trinajstić information content (AvgIpc) is 3.19. The summed E-state index contributed by atoms with van der Waals surface area (Å²) in [6.45, 7) is 3.30. The molecule has 0 saturated carbocycles. The van der Waals surface area contributed by atoms with Gasteiger partial charge in [0.1, 0.15) is 0 Å². The minimum atomic E-state index is 0.0459. The van der Waals surface area contributed by atoms with E-state index in [1.807, 2.05) is 48.2 Å². The summed E-state index contributed by atoms with van der Waals surface area (Å²) in [5.41, 5.74) is 2.58. The Morgan fingerprint density at radius 3 is 2.65 bits per heavy atom. The van der Waals surface area contributed by atoms with Crippen molar-refractivity contribution in [3.8, 4) is 11.4 Å². The van der Waals surface area contributed by atoms with Crippen LogP contribution in [0.2, 0.25) is 0 Å². The highest BCUT2D eigenvalue weighted by Crippen LogP contribution is 2.29. The maximum Gasteiger partial charge on any atom is 0.255 e. The molecular weight excluding hydrogens is 328 g/mol. The minimum absolute atomic E-state index is 0.0459. The van der Waals surface area contributed by atoms with Gasteiger partial charge in [-0.2, -0.15) is 4.98 Å². The fraction of sp³-hybridized carbons (Fsp3) is 0.300. The maximum atomic E-state index is 12.7. The molecule has 26 heavy (non-hydrogen) atoms. The molecule has 6 nitrogen and oxygen atoms in total. The maximum absolute atomic E-state index is 12.7. The molecule has 1 amide bonds. The van der Waals surface area contributed by atoms with Crippen molar-refractivity contribution in [2.75, 3.05) is 13.1 Å². The Hall–Kier alpha value is -3.02. The molecule has 4 rings (SSSR count). The largest absolute Gasteiger partial charge is 0.339 e. The third-order valence-corrected chi connectivity index (χ3v) is 4.87. The van der Waals surface area contributed by atoms with E-state index in [4.69, 9.17) is 4.52 Å². The summed E-state index contributed by atoms with van der Waals surface area (Å²) in [6.07, 6.45) is 5.00. The van der Waals surface area contributed by atoms with Crippen LogP contribution in [0, 0.1) is 6.92 Å². The second-order valence-corrected chi connectivity index (χ2v) is 6.58. The lowest BCUT2D eigenvalue weighted by molar-refractivity contribution is 0.0703. The van der Waals surface area contributed by atoms with Gasteiger partial charge in [0.25, 0.3) is 5.91 Å². The predicted octanol–water partition coefficient (Wildman–Crippen LogP) is 3.46. The number of rotatable bonds is 3.